The molecule has 2 rings (SSSR count). The van der Waals surface area contributed by atoms with Gasteiger partial charge in [-0.1, -0.05) is 42.0 Å². The molecule has 2 aromatic rings. The van der Waals surface area contributed by atoms with E-state index in [9.17, 15) is 4.79 Å². The summed E-state index contributed by atoms with van der Waals surface area (Å²) in [5.74, 6) is 0. The van der Waals surface area contributed by atoms with Gasteiger partial charge in [-0.25, -0.2) is 0 Å². The van der Waals surface area contributed by atoms with Crippen molar-refractivity contribution in [1.29, 1.82) is 0 Å². The van der Waals surface area contributed by atoms with Gasteiger partial charge < -0.3 is 0 Å². The quantitative estimate of drug-likeness (QED) is 0.705. The van der Waals surface area contributed by atoms with Crippen LogP contribution in [0.5, 0.6) is 0 Å². The summed E-state index contributed by atoms with van der Waals surface area (Å²) in [6.45, 7) is 3.91. The summed E-state index contributed by atoms with van der Waals surface area (Å²) in [7, 11) is 0. The van der Waals surface area contributed by atoms with E-state index in [0.717, 1.165) is 16.7 Å². The molecule has 0 radical (unpaired) electrons. The van der Waals surface area contributed by atoms with Crippen molar-refractivity contribution in [3.05, 3.63) is 69.9 Å². The third-order valence-electron chi connectivity index (χ3n) is 2.67. The van der Waals surface area contributed by atoms with Crippen molar-refractivity contribution in [2.24, 2.45) is 0 Å². The Morgan fingerprint density at radius 3 is 2.19 bits per heavy atom. The molecule has 0 aromatic heterocycles. The van der Waals surface area contributed by atoms with Gasteiger partial charge in [0.2, 0.25) is 0 Å². The Labute approximate surface area is 95.4 Å². The van der Waals surface area contributed by atoms with Crippen molar-refractivity contribution in [1.82, 2.24) is 0 Å². The zero-order valence-corrected chi connectivity index (χ0v) is 9.53. The maximum Gasteiger partial charge on any atom is 0.181 e. The summed E-state index contributed by atoms with van der Waals surface area (Å²) in [6, 6.07) is 15.6. The van der Waals surface area contributed by atoms with E-state index >= 15 is 0 Å². The molecule has 0 N–H and O–H groups in total. The normalized spacial score (nSPS) is 10.1. The molecule has 0 aliphatic heterocycles. The van der Waals surface area contributed by atoms with Crippen LogP contribution in [0.1, 0.15) is 11.1 Å². The van der Waals surface area contributed by atoms with E-state index in [4.69, 9.17) is 0 Å². The van der Waals surface area contributed by atoms with Gasteiger partial charge in [-0.3, -0.25) is 4.79 Å². The molecule has 0 aliphatic rings. The lowest BCUT2D eigenvalue weighted by atomic mass is 10.1. The van der Waals surface area contributed by atoms with E-state index in [-0.39, 0.29) is 5.43 Å². The molecular weight excluding hydrogens is 196 g/mol. The van der Waals surface area contributed by atoms with Gasteiger partial charge in [-0.15, -0.1) is 0 Å². The molecule has 1 nitrogen and oxygen atoms in total. The van der Waals surface area contributed by atoms with Crippen LogP contribution in [-0.2, 0) is 0 Å². The second-order valence-electron chi connectivity index (χ2n) is 4.04. The van der Waals surface area contributed by atoms with Gasteiger partial charge in [-0.05, 0) is 42.7 Å². The molecule has 0 saturated heterocycles. The van der Waals surface area contributed by atoms with Crippen LogP contribution >= 0.6 is 0 Å². The molecular formula is C15H14O. The molecule has 0 atom stereocenters. The Kier molecular flexibility index (Phi) is 2.86. The average molecular weight is 210 g/mol. The minimum Gasteiger partial charge on any atom is -0.290 e. The fourth-order valence-corrected chi connectivity index (χ4v) is 1.65. The Balaban J connectivity index is 2.57. The highest BCUT2D eigenvalue weighted by atomic mass is 16.1. The first-order chi connectivity index (χ1) is 7.66. The minimum atomic E-state index is 0.0818. The van der Waals surface area contributed by atoms with E-state index < -0.39 is 0 Å². The standard InChI is InChI=1S/C15H14O/c1-11-6-8-13(9-7-11)14-4-3-5-15(16)12(2)10-14/h3-10H,1-2H3. The van der Waals surface area contributed by atoms with Crippen molar-refractivity contribution in [3.63, 3.8) is 0 Å². The molecule has 1 heteroatoms. The average Bonchev–Trinajstić information content (AvgIpc) is 2.43. The first-order valence-electron chi connectivity index (χ1n) is 5.35. The highest BCUT2D eigenvalue weighted by Gasteiger charge is 1.97. The van der Waals surface area contributed by atoms with Crippen LogP contribution in [0.15, 0.2) is 53.3 Å². The number of benzene rings is 1. The van der Waals surface area contributed by atoms with Gasteiger partial charge in [0.1, 0.15) is 0 Å². The lowest BCUT2D eigenvalue weighted by Gasteiger charge is -1.99. The maximum atomic E-state index is 11.5. The molecule has 0 heterocycles. The summed E-state index contributed by atoms with van der Waals surface area (Å²) in [5.41, 5.74) is 4.33. The predicted octanol–water partition coefficient (Wildman–Crippen LogP) is 3.33. The van der Waals surface area contributed by atoms with Crippen molar-refractivity contribution >= 4 is 0 Å². The summed E-state index contributed by atoms with van der Waals surface area (Å²) in [5, 5.41) is 0. The summed E-state index contributed by atoms with van der Waals surface area (Å²) in [4.78, 5) is 11.5. The van der Waals surface area contributed by atoms with Crippen LogP contribution < -0.4 is 5.43 Å². The first-order valence-corrected chi connectivity index (χ1v) is 5.35. The summed E-state index contributed by atoms with van der Waals surface area (Å²) < 4.78 is 0. The SMILES string of the molecule is Cc1ccc(-c2cccc(=O)c(C)c2)cc1. The number of aryl methyl sites for hydroxylation is 2. The molecule has 16 heavy (non-hydrogen) atoms. The molecule has 2 aromatic carbocycles. The zero-order valence-electron chi connectivity index (χ0n) is 9.53. The van der Waals surface area contributed by atoms with Gasteiger partial charge in [0.25, 0.3) is 0 Å². The molecule has 80 valence electrons. The molecule has 0 bridgehead atoms. The topological polar surface area (TPSA) is 17.1 Å². The Hall–Kier alpha value is -1.89. The smallest absolute Gasteiger partial charge is 0.181 e. The minimum absolute atomic E-state index is 0.0818. The lowest BCUT2D eigenvalue weighted by molar-refractivity contribution is 1.43. The van der Waals surface area contributed by atoms with E-state index in [2.05, 4.69) is 31.2 Å². The van der Waals surface area contributed by atoms with Crippen LogP contribution in [0.4, 0.5) is 0 Å². The van der Waals surface area contributed by atoms with E-state index in [1.54, 1.807) is 6.07 Å². The molecule has 0 unspecified atom stereocenters. The molecule has 0 saturated carbocycles. The molecule has 0 amide bonds. The van der Waals surface area contributed by atoms with Crippen LogP contribution in [0.2, 0.25) is 0 Å². The van der Waals surface area contributed by atoms with Crippen molar-refractivity contribution in [2.45, 2.75) is 13.8 Å². The van der Waals surface area contributed by atoms with Crippen molar-refractivity contribution < 1.29 is 0 Å². The van der Waals surface area contributed by atoms with Crippen LogP contribution in [0.3, 0.4) is 0 Å². The van der Waals surface area contributed by atoms with E-state index in [0.29, 0.717) is 0 Å². The number of hydrogen-bond acceptors (Lipinski definition) is 1. The summed E-state index contributed by atoms with van der Waals surface area (Å²) >= 11 is 0. The molecule has 0 spiro atoms. The summed E-state index contributed by atoms with van der Waals surface area (Å²) in [6.07, 6.45) is 0. The van der Waals surface area contributed by atoms with Gasteiger partial charge in [0.05, 0.1) is 0 Å². The Bertz CT molecular complexity index is 553. The highest BCUT2D eigenvalue weighted by Crippen LogP contribution is 2.18. The number of hydrogen-bond donors (Lipinski definition) is 0. The van der Waals surface area contributed by atoms with Gasteiger partial charge in [0, 0.05) is 0 Å². The Morgan fingerprint density at radius 1 is 0.812 bits per heavy atom. The van der Waals surface area contributed by atoms with Crippen molar-refractivity contribution in [2.75, 3.05) is 0 Å². The largest absolute Gasteiger partial charge is 0.290 e. The number of rotatable bonds is 1. The maximum absolute atomic E-state index is 11.5. The highest BCUT2D eigenvalue weighted by molar-refractivity contribution is 5.63. The van der Waals surface area contributed by atoms with Gasteiger partial charge >= 0.3 is 0 Å². The van der Waals surface area contributed by atoms with Crippen LogP contribution in [0, 0.1) is 13.8 Å². The fraction of sp³-hybridized carbons (Fsp3) is 0.133. The molecule has 0 fully saturated rings. The van der Waals surface area contributed by atoms with Gasteiger partial charge in [0.15, 0.2) is 5.43 Å². The third-order valence-corrected chi connectivity index (χ3v) is 2.67. The molecule has 0 aliphatic carbocycles. The van der Waals surface area contributed by atoms with Crippen LogP contribution in [-0.4, -0.2) is 0 Å². The van der Waals surface area contributed by atoms with Crippen molar-refractivity contribution in [3.8, 4) is 11.1 Å². The third kappa shape index (κ3) is 2.19. The van der Waals surface area contributed by atoms with Crippen LogP contribution in [0.25, 0.3) is 11.1 Å². The lowest BCUT2D eigenvalue weighted by Crippen LogP contribution is -1.97. The monoisotopic (exact) mass is 210 g/mol. The van der Waals surface area contributed by atoms with Gasteiger partial charge in [-0.2, -0.15) is 0 Å². The first kappa shape index (κ1) is 10.6. The Morgan fingerprint density at radius 2 is 1.50 bits per heavy atom. The second kappa shape index (κ2) is 4.31. The predicted molar refractivity (Wildman–Crippen MR) is 67.6 cm³/mol. The van der Waals surface area contributed by atoms with E-state index in [1.165, 1.54) is 5.56 Å². The fourth-order valence-electron chi connectivity index (χ4n) is 1.65. The van der Waals surface area contributed by atoms with E-state index in [1.807, 2.05) is 25.1 Å². The second-order valence-corrected chi connectivity index (χ2v) is 4.04. The zero-order chi connectivity index (χ0) is 11.5.